The second-order valence-electron chi connectivity index (χ2n) is 11.2. The third kappa shape index (κ3) is 7.99. The molecular formula is C31H33F3N8O4S. The monoisotopic (exact) mass is 670 g/mol. The zero-order valence-electron chi connectivity index (χ0n) is 25.9. The quantitative estimate of drug-likeness (QED) is 0.231. The summed E-state index contributed by atoms with van der Waals surface area (Å²) in [7, 11) is -2.23. The highest BCUT2D eigenvalue weighted by molar-refractivity contribution is 7.90. The van der Waals surface area contributed by atoms with Crippen LogP contribution in [0.5, 0.6) is 6.01 Å². The van der Waals surface area contributed by atoms with E-state index < -0.39 is 27.3 Å². The van der Waals surface area contributed by atoms with Crippen LogP contribution in [0, 0.1) is 0 Å². The van der Waals surface area contributed by atoms with E-state index in [-0.39, 0.29) is 40.4 Å². The van der Waals surface area contributed by atoms with Crippen molar-refractivity contribution in [2.45, 2.75) is 68.6 Å². The molecule has 248 valence electrons. The van der Waals surface area contributed by atoms with Gasteiger partial charge in [0.05, 0.1) is 17.7 Å². The number of nitrogens with zero attached hydrogens (tertiary/aromatic N) is 7. The van der Waals surface area contributed by atoms with E-state index in [9.17, 15) is 26.4 Å². The molecule has 1 amide bonds. The average Bonchev–Trinajstić information content (AvgIpc) is 3.05. The number of alkyl halides is 3. The number of amides is 1. The minimum Gasteiger partial charge on any atom is -0.467 e. The number of rotatable bonds is 10. The van der Waals surface area contributed by atoms with Crippen LogP contribution < -0.4 is 15.0 Å². The number of hydrogen-bond acceptors (Lipinski definition) is 11. The Hall–Kier alpha value is -4.73. The van der Waals surface area contributed by atoms with Crippen LogP contribution in [0.1, 0.15) is 51.0 Å². The summed E-state index contributed by atoms with van der Waals surface area (Å²) in [6.07, 6.45) is 7.39. The van der Waals surface area contributed by atoms with Crippen molar-refractivity contribution < 1.29 is 31.1 Å². The lowest BCUT2D eigenvalue weighted by molar-refractivity contribution is -0.137. The molecule has 1 aliphatic rings. The van der Waals surface area contributed by atoms with Crippen LogP contribution in [0.2, 0.25) is 0 Å². The number of anilines is 2. The van der Waals surface area contributed by atoms with Crippen molar-refractivity contribution in [2.75, 3.05) is 23.6 Å². The summed E-state index contributed by atoms with van der Waals surface area (Å²) < 4.78 is 70.7. The first-order valence-electron chi connectivity index (χ1n) is 14.9. The van der Waals surface area contributed by atoms with Crippen LogP contribution in [-0.4, -0.2) is 69.7 Å². The molecule has 4 aromatic heterocycles. The van der Waals surface area contributed by atoms with E-state index in [2.05, 4.69) is 35.2 Å². The lowest BCUT2D eigenvalue weighted by Crippen LogP contribution is -2.44. The van der Waals surface area contributed by atoms with Crippen molar-refractivity contribution >= 4 is 27.5 Å². The summed E-state index contributed by atoms with van der Waals surface area (Å²) in [6, 6.07) is 4.70. The molecule has 0 bridgehead atoms. The Morgan fingerprint density at radius 3 is 2.26 bits per heavy atom. The standard InChI is InChI=1S/C31H33F3N8O4S/c1-4-5-27(43)42(26-11-6-19(14-36-26)21-15-38-30(46-2)39-16-21)23-9-7-22(8-10-23)40-29-37-18-25(31(32,33)34)28(41-29)20-12-24(17-35-13-20)47(3,44)45/h6,11-18,22-23H,4-5,7-10H2,1-3H3,(H,37,40,41). The zero-order chi connectivity index (χ0) is 33.8. The normalized spacial score (nSPS) is 16.8. The van der Waals surface area contributed by atoms with Gasteiger partial charge >= 0.3 is 12.2 Å². The van der Waals surface area contributed by atoms with E-state index in [0.29, 0.717) is 50.5 Å². The number of pyridine rings is 2. The van der Waals surface area contributed by atoms with Crippen molar-refractivity contribution in [2.24, 2.45) is 0 Å². The predicted molar refractivity (Wildman–Crippen MR) is 167 cm³/mol. The van der Waals surface area contributed by atoms with Gasteiger partial charge in [0, 0.05) is 78.6 Å². The molecule has 5 rings (SSSR count). The van der Waals surface area contributed by atoms with Crippen LogP contribution in [0.4, 0.5) is 24.9 Å². The van der Waals surface area contributed by atoms with Crippen LogP contribution in [0.15, 0.2) is 60.3 Å². The maximum atomic E-state index is 13.9. The van der Waals surface area contributed by atoms with Crippen molar-refractivity contribution in [3.63, 3.8) is 0 Å². The van der Waals surface area contributed by atoms with E-state index in [1.54, 1.807) is 29.6 Å². The number of ether oxygens (including phenoxy) is 1. The molecule has 0 aromatic carbocycles. The largest absolute Gasteiger partial charge is 0.467 e. The highest BCUT2D eigenvalue weighted by Gasteiger charge is 2.36. The minimum absolute atomic E-state index is 0.0279. The van der Waals surface area contributed by atoms with Gasteiger partial charge in [-0.2, -0.15) is 13.2 Å². The maximum Gasteiger partial charge on any atom is 0.419 e. The third-order valence-electron chi connectivity index (χ3n) is 7.78. The highest BCUT2D eigenvalue weighted by atomic mass is 32.2. The summed E-state index contributed by atoms with van der Waals surface area (Å²) in [6.45, 7) is 1.93. The predicted octanol–water partition coefficient (Wildman–Crippen LogP) is 5.38. The van der Waals surface area contributed by atoms with Gasteiger partial charge in [0.15, 0.2) is 9.84 Å². The first kappa shape index (κ1) is 33.6. The Bertz CT molecular complexity index is 1820. The van der Waals surface area contributed by atoms with Gasteiger partial charge in [0.1, 0.15) is 11.4 Å². The Morgan fingerprint density at radius 2 is 1.66 bits per heavy atom. The fraction of sp³-hybridized carbons (Fsp3) is 0.387. The number of carbonyl (C=O) groups excluding carboxylic acids is 1. The fourth-order valence-corrected chi connectivity index (χ4v) is 6.01. The summed E-state index contributed by atoms with van der Waals surface area (Å²) in [4.78, 5) is 39.6. The summed E-state index contributed by atoms with van der Waals surface area (Å²) >= 11 is 0. The smallest absolute Gasteiger partial charge is 0.419 e. The Balaban J connectivity index is 1.32. The van der Waals surface area contributed by atoms with Gasteiger partial charge in [-0.15, -0.1) is 0 Å². The molecule has 1 fully saturated rings. The lowest BCUT2D eigenvalue weighted by Gasteiger charge is -2.36. The van der Waals surface area contributed by atoms with Crippen LogP contribution in [-0.2, 0) is 20.8 Å². The molecule has 0 unspecified atom stereocenters. The van der Waals surface area contributed by atoms with Crippen molar-refractivity contribution in [1.29, 1.82) is 0 Å². The van der Waals surface area contributed by atoms with Crippen molar-refractivity contribution in [3.8, 4) is 28.4 Å². The number of halogens is 3. The summed E-state index contributed by atoms with van der Waals surface area (Å²) in [5.41, 5.74) is -0.161. The van der Waals surface area contributed by atoms with Gasteiger partial charge in [-0.1, -0.05) is 6.92 Å². The zero-order valence-corrected chi connectivity index (χ0v) is 26.7. The molecule has 12 nitrogen and oxygen atoms in total. The second-order valence-corrected chi connectivity index (χ2v) is 13.2. The molecule has 4 heterocycles. The minimum atomic E-state index is -4.78. The Kier molecular flexibility index (Phi) is 9.98. The van der Waals surface area contributed by atoms with E-state index in [1.165, 1.54) is 7.11 Å². The molecule has 0 saturated heterocycles. The van der Waals surface area contributed by atoms with Gasteiger partial charge in [-0.25, -0.2) is 33.3 Å². The van der Waals surface area contributed by atoms with E-state index in [0.717, 1.165) is 35.8 Å². The molecule has 0 atom stereocenters. The molecule has 47 heavy (non-hydrogen) atoms. The lowest BCUT2D eigenvalue weighted by atomic mass is 9.90. The number of aromatic nitrogens is 6. The average molecular weight is 671 g/mol. The van der Waals surface area contributed by atoms with E-state index in [1.807, 2.05) is 13.0 Å². The molecule has 16 heteroatoms. The van der Waals surface area contributed by atoms with Crippen LogP contribution >= 0.6 is 0 Å². The molecular weight excluding hydrogens is 637 g/mol. The first-order chi connectivity index (χ1) is 22.4. The van der Waals surface area contributed by atoms with Crippen molar-refractivity contribution in [1.82, 2.24) is 29.9 Å². The molecule has 0 spiro atoms. The number of methoxy groups -OCH3 is 1. The number of nitrogens with one attached hydrogen (secondary N) is 1. The third-order valence-corrected chi connectivity index (χ3v) is 8.85. The fourth-order valence-electron chi connectivity index (χ4n) is 5.41. The van der Waals surface area contributed by atoms with E-state index >= 15 is 0 Å². The first-order valence-corrected chi connectivity index (χ1v) is 16.8. The highest BCUT2D eigenvalue weighted by Crippen LogP contribution is 2.37. The number of sulfone groups is 1. The van der Waals surface area contributed by atoms with Gasteiger partial charge in [-0.3, -0.25) is 14.7 Å². The SMILES string of the molecule is CCCC(=O)N(c1ccc(-c2cnc(OC)nc2)cn1)C1CCC(Nc2ncc(C(F)(F)F)c(-c3cncc(S(C)(=O)=O)c3)n2)CC1. The van der Waals surface area contributed by atoms with Gasteiger partial charge in [-0.05, 0) is 50.3 Å². The van der Waals surface area contributed by atoms with Crippen LogP contribution in [0.3, 0.4) is 0 Å². The molecule has 4 aromatic rings. The maximum absolute atomic E-state index is 13.9. The second kappa shape index (κ2) is 13.9. The number of hydrogen-bond donors (Lipinski definition) is 1. The molecule has 0 aliphatic heterocycles. The van der Waals surface area contributed by atoms with Gasteiger partial charge in [0.25, 0.3) is 0 Å². The molecule has 1 N–H and O–H groups in total. The van der Waals surface area contributed by atoms with E-state index in [4.69, 9.17) is 4.74 Å². The Labute approximate surface area is 269 Å². The number of carbonyl (C=O) groups is 1. The van der Waals surface area contributed by atoms with Gasteiger partial charge < -0.3 is 10.1 Å². The summed E-state index contributed by atoms with van der Waals surface area (Å²) in [5.74, 6) is 0.455. The Morgan fingerprint density at radius 1 is 0.957 bits per heavy atom. The van der Waals surface area contributed by atoms with Crippen molar-refractivity contribution in [3.05, 3.63) is 60.9 Å². The van der Waals surface area contributed by atoms with Gasteiger partial charge in [0.2, 0.25) is 11.9 Å². The van der Waals surface area contributed by atoms with Crippen LogP contribution in [0.25, 0.3) is 22.4 Å². The molecule has 1 saturated carbocycles. The molecule has 0 radical (unpaired) electrons. The molecule has 1 aliphatic carbocycles. The topological polar surface area (TPSA) is 153 Å². The summed E-state index contributed by atoms with van der Waals surface area (Å²) in [5, 5.41) is 3.13.